The van der Waals surface area contributed by atoms with Crippen LogP contribution in [0.1, 0.15) is 132 Å². The molecule has 2 aromatic heterocycles. The Balaban J connectivity index is 1.03. The first-order chi connectivity index (χ1) is 32.7. The molecule has 4 aliphatic heterocycles. The van der Waals surface area contributed by atoms with Crippen molar-refractivity contribution in [3.05, 3.63) is 83.2 Å². The summed E-state index contributed by atoms with van der Waals surface area (Å²) in [6.45, 7) is 10.3. The van der Waals surface area contributed by atoms with Crippen molar-refractivity contribution in [1.29, 1.82) is 0 Å². The summed E-state index contributed by atoms with van der Waals surface area (Å²) in [5, 5.41) is 12.5. The Hall–Kier alpha value is -6.39. The highest BCUT2D eigenvalue weighted by atomic mass is 19.1. The van der Waals surface area contributed by atoms with Gasteiger partial charge in [-0.3, -0.25) is 14.5 Å². The first-order valence-corrected chi connectivity index (χ1v) is 24.5. The minimum absolute atomic E-state index is 0.110. The first kappa shape index (κ1) is 46.7. The summed E-state index contributed by atoms with van der Waals surface area (Å²) in [6.07, 6.45) is 6.10. The van der Waals surface area contributed by atoms with Gasteiger partial charge in [-0.25, -0.2) is 23.9 Å². The second-order valence-electron chi connectivity index (χ2n) is 19.8. The van der Waals surface area contributed by atoms with E-state index in [-0.39, 0.29) is 53.6 Å². The van der Waals surface area contributed by atoms with Gasteiger partial charge in [0.25, 0.3) is 0 Å². The number of carbonyl (C=O) groups excluding carboxylic acids is 3. The molecule has 6 atom stereocenters. The number of hydrogen-bond acceptors (Lipinski definition) is 9. The number of imidazole rings is 2. The highest BCUT2D eigenvalue weighted by molar-refractivity contribution is 5.87. The fraction of sp³-hybridized carbons (Fsp3) is 0.529. The van der Waals surface area contributed by atoms with Crippen LogP contribution in [-0.2, 0) is 14.3 Å². The van der Waals surface area contributed by atoms with Crippen molar-refractivity contribution in [3.8, 4) is 0 Å². The average molecular weight is 933 g/mol. The quantitative estimate of drug-likeness (QED) is 0.0942. The molecule has 17 heteroatoms. The Morgan fingerprint density at radius 2 is 1.28 bits per heavy atom. The molecule has 362 valence electrons. The lowest BCUT2D eigenvalue weighted by molar-refractivity contribution is -0.138. The third kappa shape index (κ3) is 8.91. The predicted molar refractivity (Wildman–Crippen MR) is 258 cm³/mol. The average Bonchev–Trinajstić information content (AvgIpc) is 4.19. The molecule has 16 nitrogen and oxygen atoms in total. The molecule has 68 heavy (non-hydrogen) atoms. The van der Waals surface area contributed by atoms with Crippen molar-refractivity contribution >= 4 is 57.4 Å². The lowest BCUT2D eigenvalue weighted by atomic mass is 10.0. The minimum Gasteiger partial charge on any atom is -0.465 e. The maximum atomic E-state index is 16.4. The van der Waals surface area contributed by atoms with E-state index in [1.165, 1.54) is 14.2 Å². The summed E-state index contributed by atoms with van der Waals surface area (Å²) >= 11 is 0. The Morgan fingerprint density at radius 3 is 1.78 bits per heavy atom. The summed E-state index contributed by atoms with van der Waals surface area (Å²) < 4.78 is 21.2. The largest absolute Gasteiger partial charge is 0.465 e. The summed E-state index contributed by atoms with van der Waals surface area (Å²) in [6, 6.07) is 15.8. The fourth-order valence-electron chi connectivity index (χ4n) is 11.4. The maximum absolute atomic E-state index is 16.4. The van der Waals surface area contributed by atoms with E-state index in [9.17, 15) is 24.3 Å². The number of H-pyrrole nitrogens is 2. The minimum atomic E-state index is -1.14. The predicted octanol–water partition coefficient (Wildman–Crippen LogP) is 8.99. The van der Waals surface area contributed by atoms with Crippen LogP contribution in [0, 0.1) is 17.7 Å². The molecule has 9 rings (SSSR count). The van der Waals surface area contributed by atoms with Crippen LogP contribution in [0.2, 0.25) is 0 Å². The molecule has 4 saturated heterocycles. The number of carbonyl (C=O) groups is 4. The second kappa shape index (κ2) is 19.3. The number of benzene rings is 3. The van der Waals surface area contributed by atoms with Gasteiger partial charge in [-0.05, 0) is 123 Å². The molecule has 0 aliphatic carbocycles. The molecule has 6 heterocycles. The van der Waals surface area contributed by atoms with Gasteiger partial charge >= 0.3 is 12.2 Å². The number of ether oxygens (including phenoxy) is 1. The van der Waals surface area contributed by atoms with Gasteiger partial charge < -0.3 is 44.7 Å². The monoisotopic (exact) mass is 933 g/mol. The van der Waals surface area contributed by atoms with Crippen LogP contribution in [0.5, 0.6) is 0 Å². The fourth-order valence-corrected chi connectivity index (χ4v) is 11.4. The molecular weight excluding hydrogens is 868 g/mol. The number of nitrogens with one attached hydrogen (secondary N) is 3. The number of amides is 4. The number of anilines is 2. The van der Waals surface area contributed by atoms with Gasteiger partial charge in [0, 0.05) is 38.9 Å². The molecule has 0 saturated carbocycles. The molecule has 0 bridgehead atoms. The Bertz CT molecular complexity index is 2680. The number of nitrogens with zero attached hydrogens (tertiary/aromatic N) is 7. The van der Waals surface area contributed by atoms with Crippen LogP contribution in [0.4, 0.5) is 25.4 Å². The van der Waals surface area contributed by atoms with Crippen LogP contribution in [-0.4, -0.2) is 116 Å². The maximum Gasteiger partial charge on any atom is 0.407 e. The molecule has 0 unspecified atom stereocenters. The molecule has 4 aliphatic rings. The Labute approximate surface area is 396 Å². The number of methoxy groups -OCH3 is 1. The number of hydrogen-bond donors (Lipinski definition) is 4. The van der Waals surface area contributed by atoms with Gasteiger partial charge in [0.05, 0.1) is 59.0 Å². The Morgan fingerprint density at radius 1 is 0.721 bits per heavy atom. The Kier molecular flexibility index (Phi) is 13.3. The third-order valence-electron chi connectivity index (χ3n) is 14.8. The first-order valence-electron chi connectivity index (χ1n) is 24.5. The number of piperidine rings is 1. The third-order valence-corrected chi connectivity index (χ3v) is 14.8. The zero-order valence-corrected chi connectivity index (χ0v) is 40.0. The van der Waals surface area contributed by atoms with Crippen molar-refractivity contribution in [2.45, 2.75) is 122 Å². The van der Waals surface area contributed by atoms with Crippen molar-refractivity contribution in [2.24, 2.45) is 11.8 Å². The molecule has 4 N–H and O–H groups in total. The van der Waals surface area contributed by atoms with Gasteiger partial charge in [0.15, 0.2) is 0 Å². The molecule has 3 aromatic carbocycles. The highest BCUT2D eigenvalue weighted by Gasteiger charge is 2.42. The number of aromatic amines is 2. The summed E-state index contributed by atoms with van der Waals surface area (Å²) in [5.74, 6) is 0.395. The van der Waals surface area contributed by atoms with E-state index < -0.39 is 24.3 Å². The standard InChI is InChI=1S/C51H65FN10O6/c1-29(2)44(57-50(65)68-6)48(63)60-24-10-12-42(60)46-53-35-17-14-31(26-37(35)55-46)39-20-21-40(62(39)33-16-19-41(34(52)28-33)59-22-8-7-9-23-59)32-15-18-36-38(27-32)56-47(54-36)43-13-11-25-61(43)49(64)45(30(3)4)58(5)51(66)67/h14-19,26-30,39-40,42-45H,7-13,20-25H2,1-6H3,(H,53,55)(H,54,56)(H,57,65)(H,66,67)/t39-,40-,42+,43+,44+,45+/m1/s1. The van der Waals surface area contributed by atoms with E-state index in [1.807, 2.05) is 50.8 Å². The van der Waals surface area contributed by atoms with Gasteiger partial charge in [-0.1, -0.05) is 39.8 Å². The summed E-state index contributed by atoms with van der Waals surface area (Å²) in [4.78, 5) is 78.4. The lowest BCUT2D eigenvalue weighted by Gasteiger charge is -2.34. The molecule has 4 fully saturated rings. The number of alkyl carbamates (subject to hydrolysis) is 1. The van der Waals surface area contributed by atoms with Crippen LogP contribution in [0.25, 0.3) is 22.1 Å². The van der Waals surface area contributed by atoms with E-state index in [4.69, 9.17) is 14.7 Å². The smallest absolute Gasteiger partial charge is 0.407 e. The zero-order chi connectivity index (χ0) is 48.0. The number of likely N-dealkylation sites (tertiary alicyclic amines) is 2. The molecule has 0 spiro atoms. The van der Waals surface area contributed by atoms with E-state index in [2.05, 4.69) is 55.4 Å². The van der Waals surface area contributed by atoms with E-state index >= 15 is 4.39 Å². The van der Waals surface area contributed by atoms with Gasteiger partial charge in [-0.15, -0.1) is 0 Å². The number of aromatic nitrogens is 4. The van der Waals surface area contributed by atoms with Crippen molar-refractivity contribution in [1.82, 2.24) is 40.0 Å². The van der Waals surface area contributed by atoms with Crippen LogP contribution in [0.3, 0.4) is 0 Å². The van der Waals surface area contributed by atoms with Gasteiger partial charge in [0.1, 0.15) is 29.5 Å². The van der Waals surface area contributed by atoms with Crippen molar-refractivity contribution < 1.29 is 33.4 Å². The van der Waals surface area contributed by atoms with Gasteiger partial charge in [0.2, 0.25) is 11.8 Å². The van der Waals surface area contributed by atoms with Crippen molar-refractivity contribution in [2.75, 3.05) is 50.1 Å². The molecular formula is C51H65FN10O6. The second-order valence-corrected chi connectivity index (χ2v) is 19.8. The topological polar surface area (TPSA) is 183 Å². The molecule has 4 amide bonds. The number of carboxylic acid groups (broad SMARTS) is 1. The summed E-state index contributed by atoms with van der Waals surface area (Å²) in [7, 11) is 2.74. The summed E-state index contributed by atoms with van der Waals surface area (Å²) in [5.41, 5.74) is 6.77. The van der Waals surface area contributed by atoms with Crippen molar-refractivity contribution in [3.63, 3.8) is 0 Å². The van der Waals surface area contributed by atoms with Gasteiger partial charge in [-0.2, -0.15) is 0 Å². The van der Waals surface area contributed by atoms with Crippen LogP contribution < -0.4 is 15.1 Å². The normalized spacial score (nSPS) is 21.9. The number of halogens is 1. The number of fused-ring (bicyclic) bond motifs is 2. The van der Waals surface area contributed by atoms with E-state index in [1.54, 1.807) is 11.0 Å². The SMILES string of the molecule is COC(=O)N[C@H](C(=O)N1CCC[C@H]1c1nc2ccc([C@H]3CC[C@H](c4ccc5nc([C@@H]6CCCN6C(=O)[C@H](C(C)C)N(C)C(=O)O)[nH]c5c4)N3c3ccc(N4CCCCC4)c(F)c3)cc2[nH]1)C(C)C. The number of rotatable bonds is 12. The molecule has 0 radical (unpaired) electrons. The number of likely N-dealkylation sites (N-methyl/N-ethyl adjacent to an activating group) is 1. The zero-order valence-electron chi connectivity index (χ0n) is 40.0. The van der Waals surface area contributed by atoms with Crippen LogP contribution in [0.15, 0.2) is 54.6 Å². The van der Waals surface area contributed by atoms with E-state index in [0.29, 0.717) is 36.8 Å². The van der Waals surface area contributed by atoms with E-state index in [0.717, 1.165) is 108 Å². The van der Waals surface area contributed by atoms with Crippen LogP contribution >= 0.6 is 0 Å². The lowest BCUT2D eigenvalue weighted by Crippen LogP contribution is -2.51. The molecule has 5 aromatic rings. The highest BCUT2D eigenvalue weighted by Crippen LogP contribution is 2.49.